The molecule has 26 heavy (non-hydrogen) atoms. The number of anilines is 1. The molecule has 0 heterocycles. The van der Waals surface area contributed by atoms with Gasteiger partial charge < -0.3 is 20.7 Å². The number of benzene rings is 2. The topological polar surface area (TPSA) is 57.7 Å². The van der Waals surface area contributed by atoms with Crippen LogP contribution in [-0.4, -0.2) is 33.3 Å². The molecule has 0 spiro atoms. The Morgan fingerprint density at radius 1 is 1.04 bits per heavy atom. The van der Waals surface area contributed by atoms with E-state index in [0.717, 1.165) is 23.4 Å². The van der Waals surface area contributed by atoms with E-state index in [-0.39, 0.29) is 29.8 Å². The number of aliphatic imine (C=N–C) groups is 1. The minimum absolute atomic E-state index is 0. The normalized spacial score (nSPS) is 10.8. The first-order valence-electron chi connectivity index (χ1n) is 8.22. The molecule has 7 heteroatoms. The van der Waals surface area contributed by atoms with E-state index in [0.29, 0.717) is 25.7 Å². The van der Waals surface area contributed by atoms with Crippen LogP contribution >= 0.6 is 24.0 Å². The number of guanidine groups is 1. The van der Waals surface area contributed by atoms with Crippen LogP contribution in [0, 0.1) is 5.82 Å². The molecule has 0 saturated heterocycles. The largest absolute Gasteiger partial charge is 0.383 e. The zero-order chi connectivity index (χ0) is 17.9. The van der Waals surface area contributed by atoms with E-state index in [9.17, 15) is 4.39 Å². The molecule has 2 aromatic rings. The Bertz CT molecular complexity index is 679. The first kappa shape index (κ1) is 22.2. The fourth-order valence-electron chi connectivity index (χ4n) is 2.28. The van der Waals surface area contributed by atoms with Crippen LogP contribution in [0.4, 0.5) is 10.1 Å². The second-order valence-electron chi connectivity index (χ2n) is 5.53. The average molecular weight is 472 g/mol. The van der Waals surface area contributed by atoms with Crippen LogP contribution in [0.3, 0.4) is 0 Å². The van der Waals surface area contributed by atoms with Crippen LogP contribution in [0.25, 0.3) is 0 Å². The number of methoxy groups -OCH3 is 1. The van der Waals surface area contributed by atoms with Crippen molar-refractivity contribution in [3.05, 3.63) is 65.5 Å². The molecule has 0 amide bonds. The van der Waals surface area contributed by atoms with Crippen molar-refractivity contribution in [2.45, 2.75) is 13.1 Å². The number of rotatable bonds is 8. The highest BCUT2D eigenvalue weighted by molar-refractivity contribution is 14.0. The lowest BCUT2D eigenvalue weighted by atomic mass is 10.2. The second-order valence-corrected chi connectivity index (χ2v) is 5.53. The molecule has 0 unspecified atom stereocenters. The third kappa shape index (κ3) is 8.01. The van der Waals surface area contributed by atoms with Crippen molar-refractivity contribution >= 4 is 35.6 Å². The molecule has 0 aliphatic heterocycles. The summed E-state index contributed by atoms with van der Waals surface area (Å²) in [6.45, 7) is 2.63. The minimum Gasteiger partial charge on any atom is -0.383 e. The van der Waals surface area contributed by atoms with Crippen molar-refractivity contribution < 1.29 is 9.13 Å². The van der Waals surface area contributed by atoms with Crippen molar-refractivity contribution in [3.63, 3.8) is 0 Å². The summed E-state index contributed by atoms with van der Waals surface area (Å²) in [6.07, 6.45) is 0. The molecule has 142 valence electrons. The second kappa shape index (κ2) is 12.5. The van der Waals surface area contributed by atoms with Crippen LogP contribution in [-0.2, 0) is 17.8 Å². The highest BCUT2D eigenvalue weighted by atomic mass is 127. The molecule has 5 nitrogen and oxygen atoms in total. The Kier molecular flexibility index (Phi) is 10.6. The van der Waals surface area contributed by atoms with Crippen molar-refractivity contribution in [1.29, 1.82) is 0 Å². The average Bonchev–Trinajstić information content (AvgIpc) is 2.63. The molecule has 0 aliphatic rings. The zero-order valence-corrected chi connectivity index (χ0v) is 17.4. The molecule has 0 saturated carbocycles. The Morgan fingerprint density at radius 2 is 1.73 bits per heavy atom. The van der Waals surface area contributed by atoms with Gasteiger partial charge in [0.2, 0.25) is 0 Å². The van der Waals surface area contributed by atoms with Gasteiger partial charge in [-0.1, -0.05) is 24.3 Å². The van der Waals surface area contributed by atoms with Gasteiger partial charge in [-0.05, 0) is 35.4 Å². The molecule has 0 atom stereocenters. The van der Waals surface area contributed by atoms with Crippen molar-refractivity contribution in [3.8, 4) is 0 Å². The molecule has 0 fully saturated rings. The summed E-state index contributed by atoms with van der Waals surface area (Å²) in [5, 5.41) is 9.70. The number of nitrogens with zero attached hydrogens (tertiary/aromatic N) is 1. The van der Waals surface area contributed by atoms with Gasteiger partial charge in [-0.25, -0.2) is 4.39 Å². The molecule has 2 aromatic carbocycles. The molecule has 2 rings (SSSR count). The van der Waals surface area contributed by atoms with Crippen LogP contribution in [0.1, 0.15) is 11.1 Å². The molecule has 0 aliphatic carbocycles. The quantitative estimate of drug-likeness (QED) is 0.239. The van der Waals surface area contributed by atoms with Gasteiger partial charge in [0.05, 0.1) is 6.61 Å². The van der Waals surface area contributed by atoms with E-state index in [1.165, 1.54) is 12.1 Å². The number of nitrogens with one attached hydrogen (secondary N) is 3. The van der Waals surface area contributed by atoms with Crippen LogP contribution in [0.2, 0.25) is 0 Å². The van der Waals surface area contributed by atoms with Gasteiger partial charge in [-0.15, -0.1) is 24.0 Å². The van der Waals surface area contributed by atoms with Gasteiger partial charge in [0.25, 0.3) is 0 Å². The standard InChI is InChI=1S/C19H25FN4O.HI/c1-21-19(24-14-16-4-3-5-17(20)12-16)23-13-15-6-8-18(9-7-15)22-10-11-25-2;/h3-9,12,22H,10-11,13-14H2,1-2H3,(H2,21,23,24);1H. The van der Waals surface area contributed by atoms with Crippen LogP contribution in [0.15, 0.2) is 53.5 Å². The maximum absolute atomic E-state index is 13.2. The summed E-state index contributed by atoms with van der Waals surface area (Å²) < 4.78 is 18.2. The number of hydrogen-bond acceptors (Lipinski definition) is 3. The summed E-state index contributed by atoms with van der Waals surface area (Å²) in [7, 11) is 3.40. The molecule has 0 aromatic heterocycles. The highest BCUT2D eigenvalue weighted by Crippen LogP contribution is 2.09. The van der Waals surface area contributed by atoms with E-state index in [2.05, 4.69) is 33.1 Å². The number of halogens is 2. The third-order valence-corrected chi connectivity index (χ3v) is 3.62. The smallest absolute Gasteiger partial charge is 0.191 e. The van der Waals surface area contributed by atoms with Crippen molar-refractivity contribution in [2.24, 2.45) is 4.99 Å². The lowest BCUT2D eigenvalue weighted by Gasteiger charge is -2.12. The van der Waals surface area contributed by atoms with E-state index in [1.807, 2.05) is 18.2 Å². The first-order valence-corrected chi connectivity index (χ1v) is 8.22. The minimum atomic E-state index is -0.235. The van der Waals surface area contributed by atoms with E-state index in [4.69, 9.17) is 4.74 Å². The van der Waals surface area contributed by atoms with Gasteiger partial charge in [-0.3, -0.25) is 4.99 Å². The predicted molar refractivity (Wildman–Crippen MR) is 116 cm³/mol. The Morgan fingerprint density at radius 3 is 2.35 bits per heavy atom. The summed E-state index contributed by atoms with van der Waals surface area (Å²) >= 11 is 0. The fourth-order valence-corrected chi connectivity index (χ4v) is 2.28. The van der Waals surface area contributed by atoms with Gasteiger partial charge in [-0.2, -0.15) is 0 Å². The van der Waals surface area contributed by atoms with Gasteiger partial charge in [0.1, 0.15) is 5.82 Å². The Labute approximate surface area is 171 Å². The van der Waals surface area contributed by atoms with Gasteiger partial charge in [0.15, 0.2) is 5.96 Å². The SMILES string of the molecule is CN=C(NCc1ccc(NCCOC)cc1)NCc1cccc(F)c1.I. The van der Waals surface area contributed by atoms with Crippen LogP contribution < -0.4 is 16.0 Å². The van der Waals surface area contributed by atoms with Crippen molar-refractivity contribution in [2.75, 3.05) is 32.6 Å². The summed E-state index contributed by atoms with van der Waals surface area (Å²) in [5.74, 6) is 0.438. The number of ether oxygens (including phenoxy) is 1. The lowest BCUT2D eigenvalue weighted by molar-refractivity contribution is 0.211. The molecular weight excluding hydrogens is 446 g/mol. The van der Waals surface area contributed by atoms with Crippen molar-refractivity contribution in [1.82, 2.24) is 10.6 Å². The van der Waals surface area contributed by atoms with E-state index in [1.54, 1.807) is 20.2 Å². The van der Waals surface area contributed by atoms with Gasteiger partial charge in [0, 0.05) is 39.5 Å². The van der Waals surface area contributed by atoms with Crippen LogP contribution in [0.5, 0.6) is 0 Å². The third-order valence-electron chi connectivity index (χ3n) is 3.62. The highest BCUT2D eigenvalue weighted by Gasteiger charge is 2.00. The maximum atomic E-state index is 13.2. The van der Waals surface area contributed by atoms with Gasteiger partial charge >= 0.3 is 0 Å². The summed E-state index contributed by atoms with van der Waals surface area (Å²) in [5.41, 5.74) is 3.08. The maximum Gasteiger partial charge on any atom is 0.191 e. The predicted octanol–water partition coefficient (Wildman–Crippen LogP) is 3.37. The summed E-state index contributed by atoms with van der Waals surface area (Å²) in [4.78, 5) is 4.18. The molecule has 0 bridgehead atoms. The monoisotopic (exact) mass is 472 g/mol. The molecule has 0 radical (unpaired) electrons. The van der Waals surface area contributed by atoms with E-state index < -0.39 is 0 Å². The van der Waals surface area contributed by atoms with E-state index >= 15 is 0 Å². The lowest BCUT2D eigenvalue weighted by Crippen LogP contribution is -2.36. The molecular formula is C19H26FIN4O. The first-order chi connectivity index (χ1) is 12.2. The Balaban J connectivity index is 0.00000338. The Hall–Kier alpha value is -1.87. The fraction of sp³-hybridized carbons (Fsp3) is 0.316. The number of hydrogen-bond donors (Lipinski definition) is 3. The summed E-state index contributed by atoms with van der Waals surface area (Å²) in [6, 6.07) is 14.7. The zero-order valence-electron chi connectivity index (χ0n) is 15.1. The molecule has 3 N–H and O–H groups in total.